The first-order valence-corrected chi connectivity index (χ1v) is 9.69. The van der Waals surface area contributed by atoms with E-state index in [9.17, 15) is 4.79 Å². The van der Waals surface area contributed by atoms with Crippen molar-refractivity contribution in [1.82, 2.24) is 10.2 Å². The van der Waals surface area contributed by atoms with Crippen molar-refractivity contribution in [2.24, 2.45) is 0 Å². The average molecular weight is 400 g/mol. The molecule has 0 aliphatic heterocycles. The molecule has 146 valence electrons. The largest absolute Gasteiger partial charge is 0.497 e. The predicted octanol–water partition coefficient (Wildman–Crippen LogP) is 4.39. The Morgan fingerprint density at radius 3 is 2.46 bits per heavy atom. The van der Waals surface area contributed by atoms with Crippen LogP contribution < -0.4 is 9.47 Å². The summed E-state index contributed by atoms with van der Waals surface area (Å²) in [4.78, 5) is 13.5. The number of carbonyl (C=O) groups is 1. The molecule has 0 aliphatic rings. The first kappa shape index (κ1) is 19.8. The van der Waals surface area contributed by atoms with Gasteiger partial charge in [-0.3, -0.25) is 0 Å². The number of thioether (sulfide) groups is 1. The highest BCUT2D eigenvalue weighted by Crippen LogP contribution is 2.28. The Labute approximate surface area is 167 Å². The van der Waals surface area contributed by atoms with Gasteiger partial charge in [0.2, 0.25) is 5.89 Å². The fourth-order valence-electron chi connectivity index (χ4n) is 2.49. The minimum Gasteiger partial charge on any atom is -0.497 e. The van der Waals surface area contributed by atoms with Crippen molar-refractivity contribution in [3.05, 3.63) is 53.9 Å². The van der Waals surface area contributed by atoms with E-state index in [0.29, 0.717) is 17.2 Å². The third-order valence-electron chi connectivity index (χ3n) is 4.04. The van der Waals surface area contributed by atoms with E-state index in [4.69, 9.17) is 18.6 Å². The van der Waals surface area contributed by atoms with Gasteiger partial charge in [-0.15, -0.1) is 22.0 Å². The molecular formula is C20H20N2O5S. The lowest BCUT2D eigenvalue weighted by atomic mass is 10.2. The number of aromatic nitrogens is 2. The van der Waals surface area contributed by atoms with Gasteiger partial charge < -0.3 is 18.6 Å². The van der Waals surface area contributed by atoms with Gasteiger partial charge in [-0.2, -0.15) is 0 Å². The molecule has 0 aliphatic carbocycles. The van der Waals surface area contributed by atoms with E-state index in [2.05, 4.69) is 10.2 Å². The standard InChI is InChI=1S/C20H20N2O5S/c1-12(26-20(23)16-10-9-15(28-4)11-17(16)25-3)18-21-22-19(27-18)13-5-7-14(24-2)8-6-13/h5-12H,1-4H3/t12-/m1/s1. The number of esters is 1. The number of nitrogens with zero attached hydrogens (tertiary/aromatic N) is 2. The van der Waals surface area contributed by atoms with Crippen LogP contribution in [0.15, 0.2) is 51.8 Å². The van der Waals surface area contributed by atoms with Crippen LogP contribution in [0.3, 0.4) is 0 Å². The second-order valence-corrected chi connectivity index (χ2v) is 6.67. The fraction of sp³-hybridized carbons (Fsp3) is 0.250. The van der Waals surface area contributed by atoms with Crippen molar-refractivity contribution in [2.75, 3.05) is 20.5 Å². The zero-order valence-electron chi connectivity index (χ0n) is 16.0. The van der Waals surface area contributed by atoms with E-state index in [1.807, 2.05) is 24.5 Å². The van der Waals surface area contributed by atoms with Crippen molar-refractivity contribution >= 4 is 17.7 Å². The van der Waals surface area contributed by atoms with Crippen molar-refractivity contribution in [3.63, 3.8) is 0 Å². The minimum atomic E-state index is -0.711. The van der Waals surface area contributed by atoms with Gasteiger partial charge in [0.1, 0.15) is 17.1 Å². The molecule has 1 atom stereocenters. The van der Waals surface area contributed by atoms with Gasteiger partial charge in [0.05, 0.1) is 14.2 Å². The van der Waals surface area contributed by atoms with Crippen LogP contribution in [0.5, 0.6) is 11.5 Å². The topological polar surface area (TPSA) is 83.7 Å². The first-order chi connectivity index (χ1) is 13.5. The van der Waals surface area contributed by atoms with Crippen LogP contribution in [0.2, 0.25) is 0 Å². The lowest BCUT2D eigenvalue weighted by molar-refractivity contribution is 0.0276. The van der Waals surface area contributed by atoms with E-state index in [-0.39, 0.29) is 5.89 Å². The second-order valence-electron chi connectivity index (χ2n) is 5.79. The Morgan fingerprint density at radius 2 is 1.82 bits per heavy atom. The number of carbonyl (C=O) groups excluding carboxylic acids is 1. The van der Waals surface area contributed by atoms with Gasteiger partial charge >= 0.3 is 5.97 Å². The number of benzene rings is 2. The Morgan fingerprint density at radius 1 is 1.07 bits per heavy atom. The van der Waals surface area contributed by atoms with Crippen molar-refractivity contribution in [2.45, 2.75) is 17.9 Å². The lowest BCUT2D eigenvalue weighted by Crippen LogP contribution is -2.11. The summed E-state index contributed by atoms with van der Waals surface area (Å²) in [6.07, 6.45) is 1.24. The third-order valence-corrected chi connectivity index (χ3v) is 4.76. The van der Waals surface area contributed by atoms with Crippen molar-refractivity contribution in [1.29, 1.82) is 0 Å². The second kappa shape index (κ2) is 8.79. The summed E-state index contributed by atoms with van der Waals surface area (Å²) in [5.41, 5.74) is 1.08. The molecule has 8 heteroatoms. The van der Waals surface area contributed by atoms with Crippen LogP contribution in [0.1, 0.15) is 29.3 Å². The van der Waals surface area contributed by atoms with Gasteiger partial charge in [-0.1, -0.05) is 0 Å². The van der Waals surface area contributed by atoms with Gasteiger partial charge in [0.25, 0.3) is 5.89 Å². The van der Waals surface area contributed by atoms with Crippen molar-refractivity contribution in [3.8, 4) is 23.0 Å². The van der Waals surface area contributed by atoms with E-state index < -0.39 is 12.1 Å². The molecule has 0 saturated carbocycles. The Kier molecular flexibility index (Phi) is 6.20. The molecule has 2 aromatic carbocycles. The maximum atomic E-state index is 12.5. The van der Waals surface area contributed by atoms with E-state index in [1.165, 1.54) is 7.11 Å². The van der Waals surface area contributed by atoms with Crippen LogP contribution in [0.4, 0.5) is 0 Å². The first-order valence-electron chi connectivity index (χ1n) is 8.46. The molecule has 28 heavy (non-hydrogen) atoms. The molecule has 0 N–H and O–H groups in total. The van der Waals surface area contributed by atoms with Crippen LogP contribution in [0, 0.1) is 0 Å². The molecule has 0 radical (unpaired) electrons. The highest BCUT2D eigenvalue weighted by atomic mass is 32.2. The Hall–Kier alpha value is -3.00. The highest BCUT2D eigenvalue weighted by Gasteiger charge is 2.22. The quantitative estimate of drug-likeness (QED) is 0.426. The Bertz CT molecular complexity index is 955. The molecule has 0 unspecified atom stereocenters. The maximum absolute atomic E-state index is 12.5. The molecule has 1 aromatic heterocycles. The van der Waals surface area contributed by atoms with Gasteiger partial charge in [-0.05, 0) is 55.6 Å². The molecule has 0 fully saturated rings. The molecule has 3 rings (SSSR count). The molecule has 0 saturated heterocycles. The number of rotatable bonds is 7. The minimum absolute atomic E-state index is 0.207. The molecule has 7 nitrogen and oxygen atoms in total. The predicted molar refractivity (Wildman–Crippen MR) is 105 cm³/mol. The molecular weight excluding hydrogens is 380 g/mol. The number of hydrogen-bond acceptors (Lipinski definition) is 8. The third kappa shape index (κ3) is 4.28. The molecule has 0 amide bonds. The summed E-state index contributed by atoms with van der Waals surface area (Å²) in [5.74, 6) is 1.20. The normalized spacial score (nSPS) is 11.7. The van der Waals surface area contributed by atoms with E-state index >= 15 is 0 Å². The summed E-state index contributed by atoms with van der Waals surface area (Å²) in [6.45, 7) is 1.67. The monoisotopic (exact) mass is 400 g/mol. The summed E-state index contributed by atoms with van der Waals surface area (Å²) in [6, 6.07) is 12.5. The lowest BCUT2D eigenvalue weighted by Gasteiger charge is -2.12. The smallest absolute Gasteiger partial charge is 0.342 e. The van der Waals surface area contributed by atoms with Gasteiger partial charge in [0, 0.05) is 10.5 Å². The van der Waals surface area contributed by atoms with Crippen LogP contribution in [0.25, 0.3) is 11.5 Å². The van der Waals surface area contributed by atoms with E-state index in [1.54, 1.807) is 50.1 Å². The van der Waals surface area contributed by atoms with Crippen LogP contribution >= 0.6 is 11.8 Å². The van der Waals surface area contributed by atoms with Gasteiger partial charge in [-0.25, -0.2) is 4.79 Å². The Balaban J connectivity index is 1.73. The number of hydrogen-bond donors (Lipinski definition) is 0. The molecule has 3 aromatic rings. The average Bonchev–Trinajstić information content (AvgIpc) is 3.23. The van der Waals surface area contributed by atoms with Gasteiger partial charge in [0.15, 0.2) is 6.10 Å². The van der Waals surface area contributed by atoms with E-state index in [0.717, 1.165) is 16.2 Å². The van der Waals surface area contributed by atoms with Crippen LogP contribution in [-0.2, 0) is 4.74 Å². The summed E-state index contributed by atoms with van der Waals surface area (Å²) in [5, 5.41) is 8.02. The number of ether oxygens (including phenoxy) is 3. The summed E-state index contributed by atoms with van der Waals surface area (Å²) >= 11 is 1.56. The fourth-order valence-corrected chi connectivity index (χ4v) is 2.92. The SMILES string of the molecule is COc1ccc(-c2nnc([C@@H](C)OC(=O)c3ccc(SC)cc3OC)o2)cc1. The van der Waals surface area contributed by atoms with Crippen molar-refractivity contribution < 1.29 is 23.4 Å². The maximum Gasteiger partial charge on any atom is 0.342 e. The zero-order valence-corrected chi connectivity index (χ0v) is 16.8. The van der Waals surface area contributed by atoms with Crippen LogP contribution in [-0.4, -0.2) is 36.6 Å². The summed E-state index contributed by atoms with van der Waals surface area (Å²) < 4.78 is 21.6. The highest BCUT2D eigenvalue weighted by molar-refractivity contribution is 7.98. The zero-order chi connectivity index (χ0) is 20.1. The molecule has 0 bridgehead atoms. The number of methoxy groups -OCH3 is 2. The molecule has 0 spiro atoms. The molecule has 1 heterocycles. The summed E-state index contributed by atoms with van der Waals surface area (Å²) in [7, 11) is 3.11.